The molecule has 2 aliphatic rings. The average molecular weight is 355 g/mol. The summed E-state index contributed by atoms with van der Waals surface area (Å²) in [6.07, 6.45) is 11.5. The van der Waals surface area contributed by atoms with Crippen molar-refractivity contribution in [3.05, 3.63) is 52.8 Å². The number of nitrogens with zero attached hydrogens (tertiary/aromatic N) is 1. The van der Waals surface area contributed by atoms with Crippen LogP contribution in [0.1, 0.15) is 50.2 Å². The zero-order valence-electron chi connectivity index (χ0n) is 16.7. The fourth-order valence-electron chi connectivity index (χ4n) is 4.00. The summed E-state index contributed by atoms with van der Waals surface area (Å²) in [5, 5.41) is 3.63. The molecule has 1 aliphatic carbocycles. The average Bonchev–Trinajstić information content (AvgIpc) is 3.04. The zero-order valence-corrected chi connectivity index (χ0v) is 16.7. The van der Waals surface area contributed by atoms with Crippen LogP contribution in [-0.4, -0.2) is 37.6 Å². The lowest BCUT2D eigenvalue weighted by molar-refractivity contribution is 0.294. The second-order valence-electron chi connectivity index (χ2n) is 7.82. The van der Waals surface area contributed by atoms with Crippen LogP contribution in [0.15, 0.2) is 41.7 Å². The summed E-state index contributed by atoms with van der Waals surface area (Å²) >= 11 is 0. The molecule has 1 unspecified atom stereocenters. The van der Waals surface area contributed by atoms with Crippen LogP contribution in [0.3, 0.4) is 0 Å². The van der Waals surface area contributed by atoms with Crippen LogP contribution < -0.4 is 10.1 Å². The maximum atomic E-state index is 6.34. The topological polar surface area (TPSA) is 24.5 Å². The lowest BCUT2D eigenvalue weighted by Crippen LogP contribution is -2.29. The van der Waals surface area contributed by atoms with Crippen molar-refractivity contribution < 1.29 is 4.74 Å². The van der Waals surface area contributed by atoms with Gasteiger partial charge in [0.25, 0.3) is 0 Å². The minimum Gasteiger partial charge on any atom is -0.457 e. The molecule has 1 fully saturated rings. The van der Waals surface area contributed by atoms with Gasteiger partial charge in [-0.25, -0.2) is 0 Å². The fourth-order valence-corrected chi connectivity index (χ4v) is 4.00. The van der Waals surface area contributed by atoms with Crippen LogP contribution in [0.25, 0.3) is 0 Å². The molecular weight excluding hydrogens is 320 g/mol. The second kappa shape index (κ2) is 9.38. The van der Waals surface area contributed by atoms with E-state index in [2.05, 4.69) is 61.5 Å². The monoisotopic (exact) mass is 354 g/mol. The SMILES string of the molecule is CC1=C(Oc2c(C)cccc2CCNCCC2CCCN2C)C=CCC1. The van der Waals surface area contributed by atoms with Gasteiger partial charge < -0.3 is 15.0 Å². The van der Waals surface area contributed by atoms with Crippen molar-refractivity contribution in [1.82, 2.24) is 10.2 Å². The highest BCUT2D eigenvalue weighted by molar-refractivity contribution is 5.43. The largest absolute Gasteiger partial charge is 0.457 e. The zero-order chi connectivity index (χ0) is 18.4. The number of allylic oxidation sites excluding steroid dienone is 3. The summed E-state index contributed by atoms with van der Waals surface area (Å²) in [4.78, 5) is 2.50. The third-order valence-electron chi connectivity index (χ3n) is 5.78. The Balaban J connectivity index is 1.53. The quantitative estimate of drug-likeness (QED) is 0.690. The molecule has 1 saturated heterocycles. The molecular formula is C23H34N2O. The predicted octanol–water partition coefficient (Wildman–Crippen LogP) is 4.61. The van der Waals surface area contributed by atoms with Gasteiger partial charge >= 0.3 is 0 Å². The van der Waals surface area contributed by atoms with Crippen molar-refractivity contribution in [3.8, 4) is 5.75 Å². The maximum absolute atomic E-state index is 6.34. The van der Waals surface area contributed by atoms with Crippen molar-refractivity contribution in [2.75, 3.05) is 26.7 Å². The van der Waals surface area contributed by atoms with Crippen molar-refractivity contribution in [1.29, 1.82) is 0 Å². The van der Waals surface area contributed by atoms with E-state index in [1.54, 1.807) is 0 Å². The van der Waals surface area contributed by atoms with Gasteiger partial charge in [-0.2, -0.15) is 0 Å². The molecule has 0 amide bonds. The molecule has 1 heterocycles. The molecule has 0 saturated carbocycles. The van der Waals surface area contributed by atoms with Gasteiger partial charge in [0, 0.05) is 6.04 Å². The molecule has 142 valence electrons. The van der Waals surface area contributed by atoms with Gasteiger partial charge in [0.2, 0.25) is 0 Å². The lowest BCUT2D eigenvalue weighted by atomic mass is 10.0. The fraction of sp³-hybridized carbons (Fsp3) is 0.565. The Hall–Kier alpha value is -1.58. The van der Waals surface area contributed by atoms with Gasteiger partial charge in [-0.3, -0.25) is 0 Å². The number of aryl methyl sites for hydroxylation is 1. The third-order valence-corrected chi connectivity index (χ3v) is 5.78. The van der Waals surface area contributed by atoms with Gasteiger partial charge in [-0.05, 0) is 102 Å². The summed E-state index contributed by atoms with van der Waals surface area (Å²) in [6, 6.07) is 7.26. The number of ether oxygens (including phenoxy) is 1. The maximum Gasteiger partial charge on any atom is 0.133 e. The highest BCUT2D eigenvalue weighted by Gasteiger charge is 2.19. The molecule has 0 radical (unpaired) electrons. The molecule has 1 aromatic carbocycles. The lowest BCUT2D eigenvalue weighted by Gasteiger charge is -2.20. The van der Waals surface area contributed by atoms with Gasteiger partial charge in [-0.1, -0.05) is 24.3 Å². The molecule has 26 heavy (non-hydrogen) atoms. The van der Waals surface area contributed by atoms with E-state index in [0.29, 0.717) is 0 Å². The van der Waals surface area contributed by atoms with Crippen molar-refractivity contribution in [2.45, 2.75) is 58.4 Å². The van der Waals surface area contributed by atoms with Gasteiger partial charge in [0.1, 0.15) is 11.5 Å². The normalized spacial score (nSPS) is 20.8. The van der Waals surface area contributed by atoms with E-state index >= 15 is 0 Å². The molecule has 3 heteroatoms. The summed E-state index contributed by atoms with van der Waals surface area (Å²) in [6.45, 7) is 7.69. The molecule has 1 N–H and O–H groups in total. The second-order valence-corrected chi connectivity index (χ2v) is 7.82. The molecule has 3 nitrogen and oxygen atoms in total. The van der Waals surface area contributed by atoms with Crippen LogP contribution in [0.5, 0.6) is 5.75 Å². The molecule has 3 rings (SSSR count). The van der Waals surface area contributed by atoms with E-state index in [1.807, 2.05) is 0 Å². The highest BCUT2D eigenvalue weighted by Crippen LogP contribution is 2.29. The van der Waals surface area contributed by atoms with E-state index in [1.165, 1.54) is 42.5 Å². The standard InChI is InChI=1S/C23H34N2O/c1-18-8-4-5-12-22(18)26-23-19(2)9-6-10-20(23)13-15-24-16-14-21-11-7-17-25(21)3/h5-6,9-10,12,21,24H,4,7-8,11,13-17H2,1-3H3. The minimum absolute atomic E-state index is 0.772. The first-order valence-electron chi connectivity index (χ1n) is 10.2. The number of likely N-dealkylation sites (tertiary alicyclic amines) is 1. The number of para-hydroxylation sites is 1. The Morgan fingerprint density at radius 3 is 2.88 bits per heavy atom. The van der Waals surface area contributed by atoms with E-state index < -0.39 is 0 Å². The summed E-state index contributed by atoms with van der Waals surface area (Å²) in [5.41, 5.74) is 3.87. The number of hydrogen-bond acceptors (Lipinski definition) is 3. The number of benzene rings is 1. The Labute approximate surface area is 159 Å². The van der Waals surface area contributed by atoms with Gasteiger partial charge in [0.15, 0.2) is 0 Å². The van der Waals surface area contributed by atoms with E-state index in [-0.39, 0.29) is 0 Å². The smallest absolute Gasteiger partial charge is 0.133 e. The van der Waals surface area contributed by atoms with Crippen molar-refractivity contribution in [2.24, 2.45) is 0 Å². The van der Waals surface area contributed by atoms with Crippen molar-refractivity contribution in [3.63, 3.8) is 0 Å². The van der Waals surface area contributed by atoms with Crippen LogP contribution in [0.4, 0.5) is 0 Å². The van der Waals surface area contributed by atoms with E-state index in [0.717, 1.165) is 49.9 Å². The number of rotatable bonds is 8. The first-order chi connectivity index (χ1) is 12.6. The molecule has 1 aromatic rings. The van der Waals surface area contributed by atoms with Crippen LogP contribution in [0, 0.1) is 6.92 Å². The molecule has 1 aliphatic heterocycles. The number of nitrogens with one attached hydrogen (secondary N) is 1. The number of hydrogen-bond donors (Lipinski definition) is 1. The van der Waals surface area contributed by atoms with Gasteiger partial charge in [0.05, 0.1) is 0 Å². The van der Waals surface area contributed by atoms with Gasteiger partial charge in [-0.15, -0.1) is 0 Å². The Morgan fingerprint density at radius 1 is 1.23 bits per heavy atom. The Kier molecular flexibility index (Phi) is 6.93. The molecule has 0 bridgehead atoms. The molecule has 0 spiro atoms. The Morgan fingerprint density at radius 2 is 2.12 bits per heavy atom. The van der Waals surface area contributed by atoms with Crippen LogP contribution >= 0.6 is 0 Å². The minimum atomic E-state index is 0.772. The molecule has 0 aromatic heterocycles. The first-order valence-corrected chi connectivity index (χ1v) is 10.2. The van der Waals surface area contributed by atoms with Crippen LogP contribution in [0.2, 0.25) is 0 Å². The summed E-state index contributed by atoms with van der Waals surface area (Å²) in [7, 11) is 2.25. The summed E-state index contributed by atoms with van der Waals surface area (Å²) in [5.74, 6) is 2.08. The highest BCUT2D eigenvalue weighted by atomic mass is 16.5. The first kappa shape index (κ1) is 19.2. The van der Waals surface area contributed by atoms with Crippen molar-refractivity contribution >= 4 is 0 Å². The van der Waals surface area contributed by atoms with E-state index in [4.69, 9.17) is 4.74 Å². The van der Waals surface area contributed by atoms with E-state index in [9.17, 15) is 0 Å². The Bertz CT molecular complexity index is 662. The third kappa shape index (κ3) is 4.99. The predicted molar refractivity (Wildman–Crippen MR) is 110 cm³/mol. The summed E-state index contributed by atoms with van der Waals surface area (Å²) < 4.78 is 6.34. The molecule has 1 atom stereocenters. The van der Waals surface area contributed by atoms with Crippen LogP contribution in [-0.2, 0) is 6.42 Å².